The van der Waals surface area contributed by atoms with Gasteiger partial charge in [-0.2, -0.15) is 0 Å². The Balaban J connectivity index is 1.16. The van der Waals surface area contributed by atoms with E-state index in [1.54, 1.807) is 25.6 Å². The molecular weight excluding hydrogens is 515 g/mol. The van der Waals surface area contributed by atoms with Crippen LogP contribution in [0.4, 0.5) is 21.6 Å². The minimum atomic E-state index is -0.241. The average Bonchev–Trinajstić information content (AvgIpc) is 3.34. The Bertz CT molecular complexity index is 1460. The first-order valence-electron chi connectivity index (χ1n) is 13.2. The van der Waals surface area contributed by atoms with E-state index in [2.05, 4.69) is 36.8 Å². The molecule has 0 bridgehead atoms. The minimum Gasteiger partial charge on any atom is -0.497 e. The summed E-state index contributed by atoms with van der Waals surface area (Å²) in [5, 5.41) is 0.980. The lowest BCUT2D eigenvalue weighted by atomic mass is 10.1. The Morgan fingerprint density at radius 1 is 0.821 bits per heavy atom. The van der Waals surface area contributed by atoms with E-state index >= 15 is 0 Å². The lowest BCUT2D eigenvalue weighted by molar-refractivity contribution is 0.0751. The van der Waals surface area contributed by atoms with E-state index in [0.29, 0.717) is 26.2 Å². The van der Waals surface area contributed by atoms with Crippen molar-refractivity contribution in [3.05, 3.63) is 71.1 Å². The number of methoxy groups -OCH3 is 1. The molecule has 0 unspecified atom stereocenters. The molecule has 0 spiro atoms. The fourth-order valence-electron chi connectivity index (χ4n) is 5.43. The van der Waals surface area contributed by atoms with E-state index in [1.165, 1.54) is 29.2 Å². The van der Waals surface area contributed by atoms with E-state index < -0.39 is 0 Å². The third-order valence-electron chi connectivity index (χ3n) is 7.68. The lowest BCUT2D eigenvalue weighted by Crippen LogP contribution is -2.48. The molecule has 2 fully saturated rings. The fourth-order valence-corrected chi connectivity index (χ4v) is 6.54. The molecule has 10 heteroatoms. The summed E-state index contributed by atoms with van der Waals surface area (Å²) in [5.74, 6) is 1.57. The van der Waals surface area contributed by atoms with Gasteiger partial charge in [-0.3, -0.25) is 4.79 Å². The molecule has 0 radical (unpaired) electrons. The number of thiophene rings is 1. The van der Waals surface area contributed by atoms with Crippen molar-refractivity contribution >= 4 is 44.7 Å². The molecular formula is C29H31FN6O2S. The number of carbonyl (C=O) groups is 1. The number of aromatic nitrogens is 2. The van der Waals surface area contributed by atoms with Crippen LogP contribution in [0.3, 0.4) is 0 Å². The third kappa shape index (κ3) is 4.96. The van der Waals surface area contributed by atoms with Crippen LogP contribution in [0.25, 0.3) is 10.2 Å². The minimum absolute atomic E-state index is 0.0459. The summed E-state index contributed by atoms with van der Waals surface area (Å²) in [6, 6.07) is 14.7. The van der Waals surface area contributed by atoms with Gasteiger partial charge in [0.1, 0.15) is 28.5 Å². The van der Waals surface area contributed by atoms with Crippen LogP contribution < -0.4 is 19.4 Å². The summed E-state index contributed by atoms with van der Waals surface area (Å²) in [5.41, 5.74) is 3.12. The molecule has 0 N–H and O–H groups in total. The van der Waals surface area contributed by atoms with Crippen molar-refractivity contribution in [3.63, 3.8) is 0 Å². The zero-order valence-electron chi connectivity index (χ0n) is 22.1. The van der Waals surface area contributed by atoms with Crippen LogP contribution in [0.2, 0.25) is 0 Å². The number of ether oxygens (including phenoxy) is 1. The number of nitrogens with zero attached hydrogens (tertiary/aromatic N) is 6. The number of carbonyl (C=O) groups excluding carboxylic acids is 1. The van der Waals surface area contributed by atoms with E-state index in [0.717, 1.165) is 64.1 Å². The number of fused-ring (bicyclic) bond motifs is 1. The van der Waals surface area contributed by atoms with E-state index in [4.69, 9.17) is 4.74 Å². The van der Waals surface area contributed by atoms with E-state index in [-0.39, 0.29) is 11.7 Å². The number of rotatable bonds is 5. The molecule has 2 aliphatic heterocycles. The maximum atomic E-state index is 13.6. The topological polar surface area (TPSA) is 65.0 Å². The maximum absolute atomic E-state index is 13.6. The van der Waals surface area contributed by atoms with E-state index in [9.17, 15) is 9.18 Å². The number of benzene rings is 2. The highest BCUT2D eigenvalue weighted by Crippen LogP contribution is 2.36. The van der Waals surface area contributed by atoms with Crippen molar-refractivity contribution in [1.29, 1.82) is 0 Å². The molecule has 0 aliphatic carbocycles. The van der Waals surface area contributed by atoms with Gasteiger partial charge in [0.05, 0.1) is 17.4 Å². The summed E-state index contributed by atoms with van der Waals surface area (Å²) in [6.07, 6.45) is 1.61. The highest BCUT2D eigenvalue weighted by atomic mass is 32.1. The summed E-state index contributed by atoms with van der Waals surface area (Å²) >= 11 is 1.46. The predicted molar refractivity (Wildman–Crippen MR) is 154 cm³/mol. The van der Waals surface area contributed by atoms with Gasteiger partial charge >= 0.3 is 0 Å². The van der Waals surface area contributed by atoms with Crippen molar-refractivity contribution in [3.8, 4) is 5.75 Å². The van der Waals surface area contributed by atoms with Gasteiger partial charge < -0.3 is 24.3 Å². The largest absolute Gasteiger partial charge is 0.497 e. The molecule has 4 aromatic rings. The number of amides is 1. The summed E-state index contributed by atoms with van der Waals surface area (Å²) in [6.45, 7) is 8.11. The zero-order valence-corrected chi connectivity index (χ0v) is 23.0. The number of halogens is 1. The van der Waals surface area contributed by atoms with Crippen molar-refractivity contribution in [2.45, 2.75) is 6.92 Å². The molecule has 202 valence electrons. The highest BCUT2D eigenvalue weighted by Gasteiger charge is 2.28. The third-order valence-corrected chi connectivity index (χ3v) is 8.86. The van der Waals surface area contributed by atoms with Crippen LogP contribution in [-0.2, 0) is 0 Å². The van der Waals surface area contributed by atoms with Crippen molar-refractivity contribution in [2.75, 3.05) is 74.2 Å². The molecule has 2 saturated heterocycles. The summed E-state index contributed by atoms with van der Waals surface area (Å²) in [4.78, 5) is 33.2. The molecule has 2 aliphatic rings. The molecule has 8 nitrogen and oxygen atoms in total. The smallest absolute Gasteiger partial charge is 0.264 e. The molecule has 6 rings (SSSR count). The van der Waals surface area contributed by atoms with Crippen molar-refractivity contribution in [2.24, 2.45) is 0 Å². The summed E-state index contributed by atoms with van der Waals surface area (Å²) < 4.78 is 18.6. The molecule has 39 heavy (non-hydrogen) atoms. The average molecular weight is 547 g/mol. The van der Waals surface area contributed by atoms with Gasteiger partial charge in [0.25, 0.3) is 5.91 Å². The Morgan fingerprint density at radius 2 is 1.38 bits per heavy atom. The molecule has 1 amide bonds. The number of aryl methyl sites for hydroxylation is 1. The van der Waals surface area contributed by atoms with Crippen LogP contribution in [0, 0.1) is 12.7 Å². The second-order valence-electron chi connectivity index (χ2n) is 9.86. The van der Waals surface area contributed by atoms with Gasteiger partial charge in [0, 0.05) is 63.7 Å². The summed E-state index contributed by atoms with van der Waals surface area (Å²) in [7, 11) is 1.68. The van der Waals surface area contributed by atoms with Crippen LogP contribution in [0.1, 0.15) is 15.2 Å². The van der Waals surface area contributed by atoms with Gasteiger partial charge in [-0.25, -0.2) is 14.4 Å². The molecule has 0 atom stereocenters. The zero-order chi connectivity index (χ0) is 26.9. The number of anilines is 3. The standard InChI is InChI=1S/C29H31FN6O2S/c1-20-25-27(35-15-11-33(12-16-35)23-7-9-24(38-2)10-8-23)31-19-32-28(25)39-26(20)29(37)36-17-13-34(14-18-36)22-5-3-21(30)4-6-22/h3-10,19H,11-18H2,1-2H3. The normalized spacial score (nSPS) is 16.2. The van der Waals surface area contributed by atoms with Gasteiger partial charge in [-0.15, -0.1) is 11.3 Å². The van der Waals surface area contributed by atoms with Crippen molar-refractivity contribution < 1.29 is 13.9 Å². The first-order valence-corrected chi connectivity index (χ1v) is 14.0. The van der Waals surface area contributed by atoms with E-state index in [1.807, 2.05) is 24.0 Å². The first-order chi connectivity index (χ1) is 19.0. The van der Waals surface area contributed by atoms with Gasteiger partial charge in [0.2, 0.25) is 0 Å². The SMILES string of the molecule is COc1ccc(N2CCN(c3ncnc4sc(C(=O)N5CCN(c6ccc(F)cc6)CC5)c(C)c34)CC2)cc1. The monoisotopic (exact) mass is 546 g/mol. The van der Waals surface area contributed by atoms with Gasteiger partial charge in [-0.05, 0) is 61.0 Å². The van der Waals surface area contributed by atoms with Crippen LogP contribution >= 0.6 is 11.3 Å². The Labute approximate surface area is 231 Å². The number of hydrogen-bond acceptors (Lipinski definition) is 8. The molecule has 0 saturated carbocycles. The molecule has 2 aromatic heterocycles. The Hall–Kier alpha value is -3.92. The van der Waals surface area contributed by atoms with Gasteiger partial charge in [-0.1, -0.05) is 0 Å². The second kappa shape index (κ2) is 10.7. The number of piperazine rings is 2. The Kier molecular flexibility index (Phi) is 6.95. The van der Waals surface area contributed by atoms with Crippen molar-refractivity contribution in [1.82, 2.24) is 14.9 Å². The first kappa shape index (κ1) is 25.4. The van der Waals surface area contributed by atoms with Crippen LogP contribution in [0.15, 0.2) is 54.9 Å². The highest BCUT2D eigenvalue weighted by molar-refractivity contribution is 7.20. The van der Waals surface area contributed by atoms with Gasteiger partial charge in [0.15, 0.2) is 0 Å². The predicted octanol–water partition coefficient (Wildman–Crippen LogP) is 4.44. The Morgan fingerprint density at radius 3 is 2.00 bits per heavy atom. The quantitative estimate of drug-likeness (QED) is 0.367. The van der Waals surface area contributed by atoms with Crippen LogP contribution in [-0.4, -0.2) is 80.2 Å². The van der Waals surface area contributed by atoms with Crippen LogP contribution in [0.5, 0.6) is 5.75 Å². The number of hydrogen-bond donors (Lipinski definition) is 0. The lowest BCUT2D eigenvalue weighted by Gasteiger charge is -2.37. The second-order valence-corrected chi connectivity index (χ2v) is 10.9. The molecule has 2 aromatic carbocycles. The fraction of sp³-hybridized carbons (Fsp3) is 0.345. The molecule has 4 heterocycles. The maximum Gasteiger partial charge on any atom is 0.264 e.